The van der Waals surface area contributed by atoms with E-state index < -0.39 is 0 Å². The summed E-state index contributed by atoms with van der Waals surface area (Å²) >= 11 is 8.10. The van der Waals surface area contributed by atoms with Crippen LogP contribution in [0.1, 0.15) is 5.56 Å². The minimum Gasteiger partial charge on any atom is -0.310 e. The van der Waals surface area contributed by atoms with Crippen molar-refractivity contribution in [1.82, 2.24) is 4.57 Å². The van der Waals surface area contributed by atoms with E-state index in [0.717, 1.165) is 9.13 Å². The van der Waals surface area contributed by atoms with Crippen LogP contribution in [0.5, 0.6) is 0 Å². The van der Waals surface area contributed by atoms with Crippen molar-refractivity contribution >= 4 is 34.2 Å². The molecule has 16 heavy (non-hydrogen) atoms. The highest BCUT2D eigenvalue weighted by Gasteiger charge is 1.99. The number of hydrogen-bond donors (Lipinski definition) is 0. The van der Waals surface area contributed by atoms with Crippen molar-refractivity contribution in [3.8, 4) is 0 Å². The molecule has 2 aromatic rings. The van der Waals surface area contributed by atoms with Gasteiger partial charge in [0.15, 0.2) is 0 Å². The molecule has 1 heterocycles. The van der Waals surface area contributed by atoms with Gasteiger partial charge in [-0.05, 0) is 46.4 Å². The fourth-order valence-corrected chi connectivity index (χ4v) is 2.25. The molecule has 0 aliphatic heterocycles. The SMILES string of the molecule is O=c1ccc(Cl)cn1Cc1cccc(I)c1. The molecule has 0 radical (unpaired) electrons. The first kappa shape index (κ1) is 11.7. The molecule has 0 saturated carbocycles. The molecule has 2 rings (SSSR count). The number of aromatic nitrogens is 1. The van der Waals surface area contributed by atoms with Crippen LogP contribution in [0.2, 0.25) is 5.02 Å². The van der Waals surface area contributed by atoms with Crippen LogP contribution in [0.4, 0.5) is 0 Å². The van der Waals surface area contributed by atoms with Gasteiger partial charge in [0, 0.05) is 15.8 Å². The van der Waals surface area contributed by atoms with Gasteiger partial charge in [-0.15, -0.1) is 0 Å². The number of nitrogens with zero attached hydrogens (tertiary/aromatic N) is 1. The van der Waals surface area contributed by atoms with Gasteiger partial charge in [-0.1, -0.05) is 23.7 Å². The lowest BCUT2D eigenvalue weighted by atomic mass is 10.2. The molecule has 1 aromatic heterocycles. The first-order valence-corrected chi connectivity index (χ1v) is 6.21. The first-order chi connectivity index (χ1) is 7.65. The lowest BCUT2D eigenvalue weighted by Gasteiger charge is -2.06. The molecule has 0 N–H and O–H groups in total. The van der Waals surface area contributed by atoms with E-state index in [2.05, 4.69) is 22.6 Å². The summed E-state index contributed by atoms with van der Waals surface area (Å²) in [6.07, 6.45) is 1.66. The smallest absolute Gasteiger partial charge is 0.250 e. The molecule has 0 aliphatic rings. The Labute approximate surface area is 112 Å². The summed E-state index contributed by atoms with van der Waals surface area (Å²) in [6, 6.07) is 11.1. The van der Waals surface area contributed by atoms with Gasteiger partial charge in [0.2, 0.25) is 0 Å². The standard InChI is InChI=1S/C12H9ClINO/c13-10-4-5-12(16)15(8-10)7-9-2-1-3-11(14)6-9/h1-6,8H,7H2. The molecule has 0 aliphatic carbocycles. The van der Waals surface area contributed by atoms with Gasteiger partial charge < -0.3 is 4.57 Å². The highest BCUT2D eigenvalue weighted by atomic mass is 127. The molecule has 2 nitrogen and oxygen atoms in total. The number of pyridine rings is 1. The van der Waals surface area contributed by atoms with E-state index in [1.54, 1.807) is 16.8 Å². The van der Waals surface area contributed by atoms with E-state index in [4.69, 9.17) is 11.6 Å². The summed E-state index contributed by atoms with van der Waals surface area (Å²) in [5.41, 5.74) is 1.06. The maximum atomic E-state index is 11.6. The average Bonchev–Trinajstić information content (AvgIpc) is 2.24. The van der Waals surface area contributed by atoms with E-state index in [-0.39, 0.29) is 5.56 Å². The summed E-state index contributed by atoms with van der Waals surface area (Å²) in [5, 5.41) is 0.574. The molecular weight excluding hydrogens is 336 g/mol. The third kappa shape index (κ3) is 2.86. The minimum absolute atomic E-state index is 0.0386. The van der Waals surface area contributed by atoms with Crippen LogP contribution in [0.15, 0.2) is 47.4 Å². The number of benzene rings is 1. The van der Waals surface area contributed by atoms with Crippen LogP contribution < -0.4 is 5.56 Å². The van der Waals surface area contributed by atoms with Crippen molar-refractivity contribution < 1.29 is 0 Å². The Balaban J connectivity index is 2.34. The molecule has 0 bridgehead atoms. The van der Waals surface area contributed by atoms with Crippen molar-refractivity contribution in [2.24, 2.45) is 0 Å². The topological polar surface area (TPSA) is 22.0 Å². The zero-order valence-electron chi connectivity index (χ0n) is 8.36. The monoisotopic (exact) mass is 345 g/mol. The van der Waals surface area contributed by atoms with E-state index in [9.17, 15) is 4.79 Å². The van der Waals surface area contributed by atoms with Crippen LogP contribution in [-0.4, -0.2) is 4.57 Å². The van der Waals surface area contributed by atoms with Crippen LogP contribution >= 0.6 is 34.2 Å². The fraction of sp³-hybridized carbons (Fsp3) is 0.0833. The summed E-state index contributed by atoms with van der Waals surface area (Å²) in [4.78, 5) is 11.6. The molecule has 0 spiro atoms. The number of rotatable bonds is 2. The maximum Gasteiger partial charge on any atom is 0.250 e. The van der Waals surface area contributed by atoms with Gasteiger partial charge in [-0.2, -0.15) is 0 Å². The first-order valence-electron chi connectivity index (χ1n) is 4.75. The highest BCUT2D eigenvalue weighted by molar-refractivity contribution is 14.1. The Morgan fingerprint density at radius 2 is 2.06 bits per heavy atom. The molecule has 0 unspecified atom stereocenters. The fourth-order valence-electron chi connectivity index (χ4n) is 1.46. The van der Waals surface area contributed by atoms with Gasteiger partial charge in [-0.25, -0.2) is 0 Å². The van der Waals surface area contributed by atoms with Gasteiger partial charge >= 0.3 is 0 Å². The number of halogens is 2. The third-order valence-electron chi connectivity index (χ3n) is 2.19. The Kier molecular flexibility index (Phi) is 3.66. The van der Waals surface area contributed by atoms with Gasteiger partial charge in [0.1, 0.15) is 0 Å². The Hall–Kier alpha value is -0.810. The largest absolute Gasteiger partial charge is 0.310 e. The summed E-state index contributed by atoms with van der Waals surface area (Å²) < 4.78 is 2.76. The van der Waals surface area contributed by atoms with Crippen molar-refractivity contribution in [2.45, 2.75) is 6.54 Å². The van der Waals surface area contributed by atoms with Crippen molar-refractivity contribution in [2.75, 3.05) is 0 Å². The number of hydrogen-bond acceptors (Lipinski definition) is 1. The van der Waals surface area contributed by atoms with E-state index in [0.29, 0.717) is 11.6 Å². The summed E-state index contributed by atoms with van der Waals surface area (Å²) in [6.45, 7) is 0.552. The Bertz CT molecular complexity index is 565. The highest BCUT2D eigenvalue weighted by Crippen LogP contribution is 2.10. The van der Waals surface area contributed by atoms with Gasteiger partial charge in [0.05, 0.1) is 11.6 Å². The lowest BCUT2D eigenvalue weighted by molar-refractivity contribution is 0.759. The second-order valence-electron chi connectivity index (χ2n) is 3.44. The molecule has 0 atom stereocenters. The normalized spacial score (nSPS) is 10.4. The van der Waals surface area contributed by atoms with Gasteiger partial charge in [-0.3, -0.25) is 4.79 Å². The minimum atomic E-state index is -0.0386. The van der Waals surface area contributed by atoms with Crippen LogP contribution in [0.3, 0.4) is 0 Å². The zero-order valence-corrected chi connectivity index (χ0v) is 11.3. The average molecular weight is 346 g/mol. The predicted molar refractivity (Wildman–Crippen MR) is 74.0 cm³/mol. The molecular formula is C12H9ClINO. The van der Waals surface area contributed by atoms with Crippen LogP contribution in [0.25, 0.3) is 0 Å². The maximum absolute atomic E-state index is 11.6. The predicted octanol–water partition coefficient (Wildman–Crippen LogP) is 3.15. The van der Waals surface area contributed by atoms with Crippen molar-refractivity contribution in [1.29, 1.82) is 0 Å². The van der Waals surface area contributed by atoms with Gasteiger partial charge in [0.25, 0.3) is 5.56 Å². The van der Waals surface area contributed by atoms with Crippen molar-refractivity contribution in [3.63, 3.8) is 0 Å². The molecule has 1 aromatic carbocycles. The zero-order chi connectivity index (χ0) is 11.5. The third-order valence-corrected chi connectivity index (χ3v) is 3.08. The summed E-state index contributed by atoms with van der Waals surface area (Å²) in [5.74, 6) is 0. The Morgan fingerprint density at radius 1 is 1.25 bits per heavy atom. The summed E-state index contributed by atoms with van der Waals surface area (Å²) in [7, 11) is 0. The lowest BCUT2D eigenvalue weighted by Crippen LogP contribution is -2.18. The van der Waals surface area contributed by atoms with E-state index in [1.165, 1.54) is 6.07 Å². The second kappa shape index (κ2) is 5.01. The molecule has 0 amide bonds. The molecule has 0 saturated heterocycles. The quantitative estimate of drug-likeness (QED) is 0.767. The van der Waals surface area contributed by atoms with Crippen LogP contribution in [0, 0.1) is 3.57 Å². The molecule has 0 fully saturated rings. The van der Waals surface area contributed by atoms with Crippen LogP contribution in [-0.2, 0) is 6.54 Å². The van der Waals surface area contributed by atoms with E-state index in [1.807, 2.05) is 24.3 Å². The second-order valence-corrected chi connectivity index (χ2v) is 5.13. The Morgan fingerprint density at radius 3 is 2.81 bits per heavy atom. The molecule has 82 valence electrons. The van der Waals surface area contributed by atoms with E-state index >= 15 is 0 Å². The van der Waals surface area contributed by atoms with Crippen molar-refractivity contribution in [3.05, 3.63) is 67.1 Å². The molecule has 4 heteroatoms.